The van der Waals surface area contributed by atoms with Crippen molar-refractivity contribution in [3.63, 3.8) is 0 Å². The molecule has 1 N–H and O–H groups in total. The van der Waals surface area contributed by atoms with Crippen LogP contribution in [0.3, 0.4) is 0 Å². The Morgan fingerprint density at radius 2 is 1.94 bits per heavy atom. The molecule has 1 nitrogen and oxygen atoms in total. The lowest BCUT2D eigenvalue weighted by Gasteiger charge is -2.32. The van der Waals surface area contributed by atoms with Crippen LogP contribution in [0.1, 0.15) is 38.2 Å². The van der Waals surface area contributed by atoms with Crippen LogP contribution >= 0.6 is 0 Å². The molecule has 100 valence electrons. The van der Waals surface area contributed by atoms with Crippen LogP contribution in [0.5, 0.6) is 0 Å². The summed E-state index contributed by atoms with van der Waals surface area (Å²) in [5.74, 6) is -0.947. The highest BCUT2D eigenvalue weighted by molar-refractivity contribution is 5.18. The lowest BCUT2D eigenvalue weighted by atomic mass is 9.80. The van der Waals surface area contributed by atoms with Gasteiger partial charge in [-0.05, 0) is 49.4 Å². The first-order valence-corrected chi connectivity index (χ1v) is 6.88. The van der Waals surface area contributed by atoms with Gasteiger partial charge in [0, 0.05) is 6.04 Å². The number of hydrogen-bond donors (Lipinski definition) is 1. The van der Waals surface area contributed by atoms with Gasteiger partial charge in [0.1, 0.15) is 0 Å². The monoisotopic (exact) mass is 253 g/mol. The van der Waals surface area contributed by atoms with Crippen molar-refractivity contribution in [2.45, 2.75) is 45.1 Å². The second-order valence-corrected chi connectivity index (χ2v) is 5.16. The van der Waals surface area contributed by atoms with Crippen molar-refractivity contribution < 1.29 is 8.78 Å². The fourth-order valence-electron chi connectivity index (χ4n) is 2.95. The molecule has 2 rings (SSSR count). The average molecular weight is 253 g/mol. The highest BCUT2D eigenvalue weighted by Crippen LogP contribution is 2.28. The first-order valence-electron chi connectivity index (χ1n) is 6.88. The van der Waals surface area contributed by atoms with Gasteiger partial charge in [0.15, 0.2) is 11.6 Å². The van der Waals surface area contributed by atoms with Crippen LogP contribution in [-0.2, 0) is 6.42 Å². The minimum Gasteiger partial charge on any atom is -0.314 e. The number of benzene rings is 1. The van der Waals surface area contributed by atoms with Gasteiger partial charge in [0.05, 0.1) is 0 Å². The van der Waals surface area contributed by atoms with Gasteiger partial charge in [-0.25, -0.2) is 8.78 Å². The van der Waals surface area contributed by atoms with Gasteiger partial charge < -0.3 is 5.32 Å². The molecule has 1 saturated carbocycles. The summed E-state index contributed by atoms with van der Waals surface area (Å²) in [6.07, 6.45) is 5.73. The third-order valence-electron chi connectivity index (χ3n) is 3.86. The summed E-state index contributed by atoms with van der Waals surface area (Å²) in [6.45, 7) is 3.09. The standard InChI is InChI=1S/C15H21F2N/c1-2-18-15-6-4-3-5-12(15)9-11-7-8-13(16)14(17)10-11/h7-8,10,12,15,18H,2-6,9H2,1H3. The van der Waals surface area contributed by atoms with E-state index in [1.165, 1.54) is 37.8 Å². The first-order chi connectivity index (χ1) is 8.70. The van der Waals surface area contributed by atoms with Crippen LogP contribution in [0, 0.1) is 17.6 Å². The molecule has 18 heavy (non-hydrogen) atoms. The van der Waals surface area contributed by atoms with E-state index in [1.54, 1.807) is 6.07 Å². The van der Waals surface area contributed by atoms with Crippen molar-refractivity contribution in [3.05, 3.63) is 35.4 Å². The zero-order valence-electron chi connectivity index (χ0n) is 10.9. The van der Waals surface area contributed by atoms with Crippen LogP contribution in [-0.4, -0.2) is 12.6 Å². The molecule has 0 amide bonds. The summed E-state index contributed by atoms with van der Waals surface area (Å²) >= 11 is 0. The molecular formula is C15H21F2N. The Morgan fingerprint density at radius 3 is 2.67 bits per heavy atom. The molecule has 1 aliphatic rings. The summed E-state index contributed by atoms with van der Waals surface area (Å²) in [4.78, 5) is 0. The molecule has 1 fully saturated rings. The second kappa shape index (κ2) is 6.28. The first kappa shape index (κ1) is 13.5. The van der Waals surface area contributed by atoms with Gasteiger partial charge in [-0.1, -0.05) is 25.8 Å². The molecule has 0 aromatic heterocycles. The van der Waals surface area contributed by atoms with Crippen molar-refractivity contribution in [1.82, 2.24) is 5.32 Å². The van der Waals surface area contributed by atoms with Crippen molar-refractivity contribution in [2.75, 3.05) is 6.54 Å². The third-order valence-corrected chi connectivity index (χ3v) is 3.86. The van der Waals surface area contributed by atoms with Crippen molar-refractivity contribution >= 4 is 0 Å². The highest BCUT2D eigenvalue weighted by Gasteiger charge is 2.24. The Bertz CT molecular complexity index is 390. The Hall–Kier alpha value is -0.960. The molecule has 3 heteroatoms. The number of hydrogen-bond acceptors (Lipinski definition) is 1. The minimum absolute atomic E-state index is 0.525. The average Bonchev–Trinajstić information content (AvgIpc) is 2.37. The van der Waals surface area contributed by atoms with Crippen LogP contribution in [0.15, 0.2) is 18.2 Å². The Balaban J connectivity index is 2.03. The predicted molar refractivity (Wildman–Crippen MR) is 69.5 cm³/mol. The Morgan fingerprint density at radius 1 is 1.17 bits per heavy atom. The summed E-state index contributed by atoms with van der Waals surface area (Å²) in [7, 11) is 0. The summed E-state index contributed by atoms with van der Waals surface area (Å²) in [6, 6.07) is 4.80. The quantitative estimate of drug-likeness (QED) is 0.863. The molecule has 2 atom stereocenters. The zero-order chi connectivity index (χ0) is 13.0. The van der Waals surface area contributed by atoms with Crippen LogP contribution in [0.4, 0.5) is 8.78 Å². The van der Waals surface area contributed by atoms with Crippen molar-refractivity contribution in [3.8, 4) is 0 Å². The molecule has 0 aliphatic heterocycles. The van der Waals surface area contributed by atoms with Crippen molar-refractivity contribution in [2.24, 2.45) is 5.92 Å². The largest absolute Gasteiger partial charge is 0.314 e. The molecular weight excluding hydrogens is 232 g/mol. The maximum atomic E-state index is 13.2. The molecule has 1 aromatic carbocycles. The maximum Gasteiger partial charge on any atom is 0.159 e. The molecule has 0 heterocycles. The van der Waals surface area contributed by atoms with Crippen molar-refractivity contribution in [1.29, 1.82) is 0 Å². The molecule has 1 aromatic rings. The van der Waals surface area contributed by atoms with Crippen LogP contribution in [0.25, 0.3) is 0 Å². The van der Waals surface area contributed by atoms with Gasteiger partial charge in [0.2, 0.25) is 0 Å². The molecule has 0 radical (unpaired) electrons. The van der Waals surface area contributed by atoms with E-state index in [9.17, 15) is 8.78 Å². The van der Waals surface area contributed by atoms with Gasteiger partial charge in [-0.3, -0.25) is 0 Å². The van der Waals surface area contributed by atoms with E-state index in [2.05, 4.69) is 12.2 Å². The Labute approximate surface area is 108 Å². The molecule has 2 unspecified atom stereocenters. The maximum absolute atomic E-state index is 13.2. The van der Waals surface area contributed by atoms with E-state index in [4.69, 9.17) is 0 Å². The molecule has 1 aliphatic carbocycles. The smallest absolute Gasteiger partial charge is 0.159 e. The summed E-state index contributed by atoms with van der Waals surface area (Å²) in [5.41, 5.74) is 0.906. The molecule has 0 saturated heterocycles. The van der Waals surface area contributed by atoms with E-state index in [1.807, 2.05) is 0 Å². The minimum atomic E-state index is -0.759. The topological polar surface area (TPSA) is 12.0 Å². The van der Waals surface area contributed by atoms with Gasteiger partial charge >= 0.3 is 0 Å². The third kappa shape index (κ3) is 3.29. The van der Waals surface area contributed by atoms with Crippen LogP contribution in [0.2, 0.25) is 0 Å². The molecule has 0 spiro atoms. The van der Waals surface area contributed by atoms with E-state index in [0.717, 1.165) is 18.5 Å². The van der Waals surface area contributed by atoms with E-state index >= 15 is 0 Å². The van der Waals surface area contributed by atoms with E-state index < -0.39 is 11.6 Å². The second-order valence-electron chi connectivity index (χ2n) is 5.16. The SMILES string of the molecule is CCNC1CCCCC1Cc1ccc(F)c(F)c1. The van der Waals surface area contributed by atoms with Gasteiger partial charge in [-0.15, -0.1) is 0 Å². The van der Waals surface area contributed by atoms with Gasteiger partial charge in [0.25, 0.3) is 0 Å². The lowest BCUT2D eigenvalue weighted by molar-refractivity contribution is 0.264. The summed E-state index contributed by atoms with van der Waals surface area (Å²) in [5, 5.41) is 3.51. The zero-order valence-corrected chi connectivity index (χ0v) is 10.9. The number of rotatable bonds is 4. The Kier molecular flexibility index (Phi) is 4.70. The van der Waals surface area contributed by atoms with E-state index in [0.29, 0.717) is 12.0 Å². The number of halogens is 2. The summed E-state index contributed by atoms with van der Waals surface area (Å²) < 4.78 is 26.1. The lowest BCUT2D eigenvalue weighted by Crippen LogP contribution is -2.39. The molecule has 0 bridgehead atoms. The fraction of sp³-hybridized carbons (Fsp3) is 0.600. The number of nitrogens with one attached hydrogen (secondary N) is 1. The van der Waals surface area contributed by atoms with Crippen LogP contribution < -0.4 is 5.32 Å². The highest BCUT2D eigenvalue weighted by atomic mass is 19.2. The normalized spacial score (nSPS) is 24.2. The fourth-order valence-corrected chi connectivity index (χ4v) is 2.95. The van der Waals surface area contributed by atoms with E-state index in [-0.39, 0.29) is 0 Å². The van der Waals surface area contributed by atoms with Gasteiger partial charge in [-0.2, -0.15) is 0 Å². The predicted octanol–water partition coefficient (Wildman–Crippen LogP) is 3.68.